The molecule has 0 radical (unpaired) electrons. The van der Waals surface area contributed by atoms with Crippen LogP contribution in [0, 0.1) is 0 Å². The number of ketones is 1. The summed E-state index contributed by atoms with van der Waals surface area (Å²) in [5, 5.41) is 14.1. The number of rotatable bonds is 7. The first kappa shape index (κ1) is 21.2. The van der Waals surface area contributed by atoms with E-state index in [1.165, 1.54) is 24.5 Å². The lowest BCUT2D eigenvalue weighted by atomic mass is 9.90. The molecule has 31 heavy (non-hydrogen) atoms. The van der Waals surface area contributed by atoms with Gasteiger partial charge in [-0.3, -0.25) is 4.79 Å². The fraction of sp³-hybridized carbons (Fsp3) is 0.0909. The zero-order valence-electron chi connectivity index (χ0n) is 16.2. The Hall–Kier alpha value is -3.07. The van der Waals surface area contributed by atoms with Gasteiger partial charge in [-0.15, -0.1) is 0 Å². The van der Waals surface area contributed by atoms with Gasteiger partial charge in [0.05, 0.1) is 29.4 Å². The standard InChI is InChI=1S/C22H15ClN2O4S2/c1-29-19-5-3-14(9-16(19)23)21(26)15(8-12-6-7-30-11-12)20(22(27)28)13-2-4-17-18(10-13)25-31-24-17/h2-7,9-11H,8H2,1H3,(H,27,28). The van der Waals surface area contributed by atoms with Crippen LogP contribution in [0.25, 0.3) is 16.6 Å². The highest BCUT2D eigenvalue weighted by atomic mass is 35.5. The lowest BCUT2D eigenvalue weighted by molar-refractivity contribution is -0.130. The number of Topliss-reactive ketones (excluding diaryl/α,β-unsaturated/α-hetero) is 1. The van der Waals surface area contributed by atoms with E-state index in [4.69, 9.17) is 16.3 Å². The van der Waals surface area contributed by atoms with Crippen LogP contribution >= 0.6 is 34.7 Å². The van der Waals surface area contributed by atoms with Crippen molar-refractivity contribution >= 4 is 63.0 Å². The molecule has 2 aromatic carbocycles. The van der Waals surface area contributed by atoms with Crippen LogP contribution in [0.3, 0.4) is 0 Å². The maximum atomic E-state index is 13.5. The van der Waals surface area contributed by atoms with E-state index in [2.05, 4.69) is 8.75 Å². The number of methoxy groups -OCH3 is 1. The van der Waals surface area contributed by atoms with Crippen molar-refractivity contribution in [2.24, 2.45) is 0 Å². The molecule has 1 N–H and O–H groups in total. The van der Waals surface area contributed by atoms with Gasteiger partial charge in [0.1, 0.15) is 16.8 Å². The first-order valence-electron chi connectivity index (χ1n) is 9.06. The summed E-state index contributed by atoms with van der Waals surface area (Å²) in [5.74, 6) is -1.17. The second kappa shape index (κ2) is 8.97. The number of halogens is 1. The molecule has 0 saturated heterocycles. The number of benzene rings is 2. The Bertz CT molecular complexity index is 1310. The van der Waals surface area contributed by atoms with Gasteiger partial charge in [-0.05, 0) is 58.3 Å². The molecule has 0 aliphatic rings. The van der Waals surface area contributed by atoms with Crippen molar-refractivity contribution in [3.05, 3.63) is 80.5 Å². The fourth-order valence-electron chi connectivity index (χ4n) is 3.23. The maximum Gasteiger partial charge on any atom is 0.336 e. The van der Waals surface area contributed by atoms with Crippen LogP contribution < -0.4 is 4.74 Å². The van der Waals surface area contributed by atoms with Gasteiger partial charge in [-0.25, -0.2) is 4.79 Å². The van der Waals surface area contributed by atoms with Gasteiger partial charge in [0.25, 0.3) is 0 Å². The predicted molar refractivity (Wildman–Crippen MR) is 122 cm³/mol. The number of carboxylic acid groups (broad SMARTS) is 1. The quantitative estimate of drug-likeness (QED) is 0.288. The van der Waals surface area contributed by atoms with Crippen LogP contribution in [0.1, 0.15) is 21.5 Å². The molecule has 9 heteroatoms. The molecule has 2 aromatic heterocycles. The molecule has 156 valence electrons. The third-order valence-corrected chi connectivity index (χ3v) is 6.29. The van der Waals surface area contributed by atoms with Crippen LogP contribution in [0.5, 0.6) is 5.75 Å². The fourth-order valence-corrected chi connectivity index (χ4v) is 4.67. The monoisotopic (exact) mass is 470 g/mol. The van der Waals surface area contributed by atoms with E-state index in [0.717, 1.165) is 17.3 Å². The SMILES string of the molecule is COc1ccc(C(=O)C(Cc2ccsc2)=C(C(=O)O)c2ccc3nsnc3c2)cc1Cl. The third-order valence-electron chi connectivity index (χ3n) is 4.71. The van der Waals surface area contributed by atoms with Crippen LogP contribution in [0.4, 0.5) is 0 Å². The number of hydrogen-bond donors (Lipinski definition) is 1. The zero-order chi connectivity index (χ0) is 22.0. The van der Waals surface area contributed by atoms with Gasteiger partial charge in [-0.2, -0.15) is 20.1 Å². The molecule has 0 bridgehead atoms. The third kappa shape index (κ3) is 4.36. The number of carbonyl (C=O) groups is 2. The van der Waals surface area contributed by atoms with E-state index in [0.29, 0.717) is 22.3 Å². The number of nitrogens with zero attached hydrogens (tertiary/aromatic N) is 2. The van der Waals surface area contributed by atoms with Crippen molar-refractivity contribution in [3.8, 4) is 5.75 Å². The predicted octanol–water partition coefficient (Wildman–Crippen LogP) is 5.38. The Morgan fingerprint density at radius 3 is 2.52 bits per heavy atom. The Kier molecular flexibility index (Phi) is 6.13. The average Bonchev–Trinajstić information content (AvgIpc) is 3.44. The summed E-state index contributed by atoms with van der Waals surface area (Å²) in [6.45, 7) is 0. The van der Waals surface area contributed by atoms with Crippen molar-refractivity contribution in [2.75, 3.05) is 7.11 Å². The molecule has 6 nitrogen and oxygen atoms in total. The number of fused-ring (bicyclic) bond motifs is 1. The topological polar surface area (TPSA) is 89.4 Å². The first-order chi connectivity index (χ1) is 15.0. The molecular weight excluding hydrogens is 456 g/mol. The summed E-state index contributed by atoms with van der Waals surface area (Å²) in [4.78, 5) is 25.9. The first-order valence-corrected chi connectivity index (χ1v) is 11.1. The highest BCUT2D eigenvalue weighted by Crippen LogP contribution is 2.31. The van der Waals surface area contributed by atoms with E-state index < -0.39 is 11.8 Å². The van der Waals surface area contributed by atoms with Crippen molar-refractivity contribution < 1.29 is 19.4 Å². The van der Waals surface area contributed by atoms with Crippen LogP contribution in [0.15, 0.2) is 58.8 Å². The van der Waals surface area contributed by atoms with Crippen molar-refractivity contribution in [2.45, 2.75) is 6.42 Å². The highest BCUT2D eigenvalue weighted by Gasteiger charge is 2.25. The molecule has 0 fully saturated rings. The number of hydrogen-bond acceptors (Lipinski definition) is 7. The number of allylic oxidation sites excluding steroid dienone is 1. The summed E-state index contributed by atoms with van der Waals surface area (Å²) >= 11 is 8.74. The highest BCUT2D eigenvalue weighted by molar-refractivity contribution is 7.08. The van der Waals surface area contributed by atoms with Gasteiger partial charge in [0, 0.05) is 17.6 Å². The second-order valence-electron chi connectivity index (χ2n) is 6.61. The second-order valence-corrected chi connectivity index (χ2v) is 8.33. The zero-order valence-corrected chi connectivity index (χ0v) is 18.6. The van der Waals surface area contributed by atoms with Crippen LogP contribution in [-0.2, 0) is 11.2 Å². The molecule has 4 aromatic rings. The Morgan fingerprint density at radius 2 is 1.84 bits per heavy atom. The molecule has 0 unspecified atom stereocenters. The number of carboxylic acids is 1. The Labute approximate surface area is 190 Å². The molecule has 0 aliphatic carbocycles. The van der Waals surface area contributed by atoms with Crippen molar-refractivity contribution in [3.63, 3.8) is 0 Å². The molecule has 0 amide bonds. The van der Waals surface area contributed by atoms with Crippen molar-refractivity contribution in [1.82, 2.24) is 8.75 Å². The smallest absolute Gasteiger partial charge is 0.336 e. The van der Waals surface area contributed by atoms with Crippen LogP contribution in [0.2, 0.25) is 5.02 Å². The summed E-state index contributed by atoms with van der Waals surface area (Å²) in [7, 11) is 1.48. The summed E-state index contributed by atoms with van der Waals surface area (Å²) in [6, 6.07) is 11.5. The van der Waals surface area contributed by atoms with E-state index >= 15 is 0 Å². The van der Waals surface area contributed by atoms with Crippen LogP contribution in [-0.4, -0.2) is 32.7 Å². The van der Waals surface area contributed by atoms with E-state index in [1.807, 2.05) is 16.8 Å². The lowest BCUT2D eigenvalue weighted by Gasteiger charge is -2.13. The van der Waals surface area contributed by atoms with E-state index in [-0.39, 0.29) is 28.2 Å². The minimum atomic E-state index is -1.19. The maximum absolute atomic E-state index is 13.5. The molecule has 0 aliphatic heterocycles. The van der Waals surface area contributed by atoms with Gasteiger partial charge < -0.3 is 9.84 Å². The van der Waals surface area contributed by atoms with Gasteiger partial charge in [0.2, 0.25) is 0 Å². The summed E-state index contributed by atoms with van der Waals surface area (Å²) in [6.07, 6.45) is 0.168. The van der Waals surface area contributed by atoms with Gasteiger partial charge >= 0.3 is 5.97 Å². The molecule has 2 heterocycles. The molecule has 0 atom stereocenters. The van der Waals surface area contributed by atoms with E-state index in [1.54, 1.807) is 30.3 Å². The van der Waals surface area contributed by atoms with Gasteiger partial charge in [-0.1, -0.05) is 17.7 Å². The number of ether oxygens (including phenoxy) is 1. The minimum absolute atomic E-state index is 0.0713. The Balaban J connectivity index is 1.90. The molecule has 0 spiro atoms. The number of aliphatic carboxylic acids is 1. The molecular formula is C22H15ClN2O4S2. The summed E-state index contributed by atoms with van der Waals surface area (Å²) in [5.41, 5.74) is 2.87. The largest absolute Gasteiger partial charge is 0.495 e. The van der Waals surface area contributed by atoms with Gasteiger partial charge in [0.15, 0.2) is 5.78 Å². The number of aromatic nitrogens is 2. The molecule has 4 rings (SSSR count). The number of thiophene rings is 1. The summed E-state index contributed by atoms with van der Waals surface area (Å²) < 4.78 is 13.5. The Morgan fingerprint density at radius 1 is 1.06 bits per heavy atom. The molecule has 0 saturated carbocycles. The van der Waals surface area contributed by atoms with E-state index in [9.17, 15) is 14.7 Å². The van der Waals surface area contributed by atoms with Crippen molar-refractivity contribution in [1.29, 1.82) is 0 Å². The number of carbonyl (C=O) groups excluding carboxylic acids is 1. The average molecular weight is 471 g/mol. The minimum Gasteiger partial charge on any atom is -0.495 e. The normalized spacial score (nSPS) is 11.9. The lowest BCUT2D eigenvalue weighted by Crippen LogP contribution is -2.14.